The Morgan fingerprint density at radius 2 is 1.70 bits per heavy atom. The summed E-state index contributed by atoms with van der Waals surface area (Å²) in [5.41, 5.74) is 4.43. The smallest absolute Gasteiger partial charge is 0.243 e. The van der Waals surface area contributed by atoms with Crippen molar-refractivity contribution in [3.63, 3.8) is 0 Å². The van der Waals surface area contributed by atoms with Gasteiger partial charge in [0.1, 0.15) is 0 Å². The molecule has 3 fully saturated rings. The van der Waals surface area contributed by atoms with Crippen LogP contribution in [0.2, 0.25) is 0 Å². The molecule has 0 radical (unpaired) electrons. The Bertz CT molecular complexity index is 469. The number of hydrogen-bond acceptors (Lipinski definition) is 2. The van der Waals surface area contributed by atoms with Gasteiger partial charge in [0.15, 0.2) is 0 Å². The molecule has 0 aliphatic heterocycles. The number of amides is 1. The molecule has 0 heterocycles. The first-order valence-electron chi connectivity index (χ1n) is 9.68. The third kappa shape index (κ3) is 3.80. The molecule has 3 saturated carbocycles. The molecular formula is C20H34N2O. The van der Waals surface area contributed by atoms with E-state index < -0.39 is 0 Å². The van der Waals surface area contributed by atoms with Crippen molar-refractivity contribution in [3.05, 3.63) is 0 Å². The summed E-state index contributed by atoms with van der Waals surface area (Å²) in [6.45, 7) is 9.07. The van der Waals surface area contributed by atoms with Crippen LogP contribution in [0.1, 0.15) is 79.1 Å². The monoisotopic (exact) mass is 318 g/mol. The highest BCUT2D eigenvalue weighted by Crippen LogP contribution is 2.48. The first kappa shape index (κ1) is 17.0. The second-order valence-corrected chi connectivity index (χ2v) is 9.43. The van der Waals surface area contributed by atoms with Crippen molar-refractivity contribution in [1.82, 2.24) is 5.43 Å². The zero-order chi connectivity index (χ0) is 16.6. The summed E-state index contributed by atoms with van der Waals surface area (Å²) in [5.74, 6) is 3.47. The first-order valence-corrected chi connectivity index (χ1v) is 9.68. The fourth-order valence-corrected chi connectivity index (χ4v) is 5.30. The highest BCUT2D eigenvalue weighted by atomic mass is 16.2. The summed E-state index contributed by atoms with van der Waals surface area (Å²) in [6.07, 6.45) is 9.87. The number of hydrazone groups is 1. The lowest BCUT2D eigenvalue weighted by molar-refractivity contribution is -0.126. The average Bonchev–Trinajstić information content (AvgIpc) is 3.14. The van der Waals surface area contributed by atoms with E-state index in [9.17, 15) is 4.79 Å². The van der Waals surface area contributed by atoms with Gasteiger partial charge in [0.05, 0.1) is 0 Å². The average molecular weight is 319 g/mol. The highest BCUT2D eigenvalue weighted by Gasteiger charge is 2.40. The number of nitrogens with one attached hydrogen (secondary N) is 1. The van der Waals surface area contributed by atoms with Crippen LogP contribution in [0.15, 0.2) is 5.10 Å². The van der Waals surface area contributed by atoms with E-state index in [0.29, 0.717) is 11.3 Å². The maximum Gasteiger partial charge on any atom is 0.243 e. The van der Waals surface area contributed by atoms with Gasteiger partial charge in [-0.15, -0.1) is 0 Å². The molecule has 3 nitrogen and oxygen atoms in total. The van der Waals surface area contributed by atoms with E-state index in [1.165, 1.54) is 38.5 Å². The van der Waals surface area contributed by atoms with Crippen LogP contribution in [0.25, 0.3) is 0 Å². The van der Waals surface area contributed by atoms with E-state index in [2.05, 4.69) is 38.2 Å². The molecule has 1 amide bonds. The largest absolute Gasteiger partial charge is 0.273 e. The molecule has 0 aromatic rings. The van der Waals surface area contributed by atoms with E-state index >= 15 is 0 Å². The third-order valence-corrected chi connectivity index (χ3v) is 6.94. The second kappa shape index (κ2) is 6.57. The summed E-state index contributed by atoms with van der Waals surface area (Å²) in [5, 5.41) is 4.48. The number of nitrogens with zero attached hydrogens (tertiary/aromatic N) is 1. The highest BCUT2D eigenvalue weighted by molar-refractivity contribution is 5.87. The maximum absolute atomic E-state index is 12.4. The van der Waals surface area contributed by atoms with Crippen molar-refractivity contribution in [2.24, 2.45) is 40.1 Å². The Hall–Kier alpha value is -0.860. The fraction of sp³-hybridized carbons (Fsp3) is 0.900. The van der Waals surface area contributed by atoms with Gasteiger partial charge in [-0.1, -0.05) is 27.2 Å². The Morgan fingerprint density at radius 3 is 2.22 bits per heavy atom. The van der Waals surface area contributed by atoms with Crippen molar-refractivity contribution in [2.45, 2.75) is 79.1 Å². The minimum atomic E-state index is 0.153. The standard InChI is InChI=1S/C20H34N2O/c1-13(18-12-14-5-6-16(18)11-14)21-22-19(23)15-7-9-17(10-8-15)20(2,3)4/h14-18H,5-12H2,1-4H3,(H,22,23)/b21-13+/t14-,15?,16+,17?,18-/m0/s1. The van der Waals surface area contributed by atoms with E-state index in [0.717, 1.165) is 36.3 Å². The molecule has 0 aromatic heterocycles. The zero-order valence-electron chi connectivity index (χ0n) is 15.4. The van der Waals surface area contributed by atoms with Crippen LogP contribution >= 0.6 is 0 Å². The molecule has 3 rings (SSSR count). The lowest BCUT2D eigenvalue weighted by Gasteiger charge is -2.36. The molecule has 2 bridgehead atoms. The molecule has 1 N–H and O–H groups in total. The second-order valence-electron chi connectivity index (χ2n) is 9.43. The van der Waals surface area contributed by atoms with Crippen molar-refractivity contribution < 1.29 is 4.79 Å². The SMILES string of the molecule is C/C(=N\NC(=O)C1CCC(C(C)(C)C)CC1)[C@@H]1C[C@H]2CC[C@@H]1C2. The van der Waals surface area contributed by atoms with Gasteiger partial charge in [-0.2, -0.15) is 5.10 Å². The van der Waals surface area contributed by atoms with Gasteiger partial charge < -0.3 is 0 Å². The molecule has 23 heavy (non-hydrogen) atoms. The molecule has 0 unspecified atom stereocenters. The van der Waals surface area contributed by atoms with Gasteiger partial charge in [-0.3, -0.25) is 4.79 Å². The lowest BCUT2D eigenvalue weighted by atomic mass is 9.70. The van der Waals surface area contributed by atoms with Gasteiger partial charge in [-0.25, -0.2) is 5.43 Å². The predicted molar refractivity (Wildman–Crippen MR) is 95.1 cm³/mol. The van der Waals surface area contributed by atoms with Gasteiger partial charge in [0, 0.05) is 17.5 Å². The van der Waals surface area contributed by atoms with E-state index in [-0.39, 0.29) is 11.8 Å². The van der Waals surface area contributed by atoms with Crippen LogP contribution in [0.5, 0.6) is 0 Å². The zero-order valence-corrected chi connectivity index (χ0v) is 15.4. The summed E-state index contributed by atoms with van der Waals surface area (Å²) in [6, 6.07) is 0. The molecule has 3 heteroatoms. The van der Waals surface area contributed by atoms with Gasteiger partial charge >= 0.3 is 0 Å². The number of rotatable bonds is 3. The maximum atomic E-state index is 12.4. The van der Waals surface area contributed by atoms with E-state index in [4.69, 9.17) is 0 Å². The van der Waals surface area contributed by atoms with Crippen LogP contribution in [0.4, 0.5) is 0 Å². The molecule has 3 atom stereocenters. The summed E-state index contributed by atoms with van der Waals surface area (Å²) < 4.78 is 0. The van der Waals surface area contributed by atoms with Gasteiger partial charge in [0.2, 0.25) is 5.91 Å². The number of carbonyl (C=O) groups is 1. The summed E-state index contributed by atoms with van der Waals surface area (Å²) in [7, 11) is 0. The normalized spacial score (nSPS) is 37.9. The molecule has 0 spiro atoms. The van der Waals surface area contributed by atoms with Gasteiger partial charge in [0.25, 0.3) is 0 Å². The van der Waals surface area contributed by atoms with Crippen LogP contribution in [0.3, 0.4) is 0 Å². The third-order valence-electron chi connectivity index (χ3n) is 6.94. The number of carbonyl (C=O) groups excluding carboxylic acids is 1. The van der Waals surface area contributed by atoms with Crippen LogP contribution in [0, 0.1) is 35.0 Å². The van der Waals surface area contributed by atoms with E-state index in [1.54, 1.807) is 0 Å². The molecule has 130 valence electrons. The Balaban J connectivity index is 1.47. The van der Waals surface area contributed by atoms with Crippen molar-refractivity contribution in [3.8, 4) is 0 Å². The van der Waals surface area contributed by atoms with Crippen molar-refractivity contribution in [1.29, 1.82) is 0 Å². The fourth-order valence-electron chi connectivity index (χ4n) is 5.30. The summed E-state index contributed by atoms with van der Waals surface area (Å²) in [4.78, 5) is 12.4. The lowest BCUT2D eigenvalue weighted by Crippen LogP contribution is -2.34. The summed E-state index contributed by atoms with van der Waals surface area (Å²) >= 11 is 0. The van der Waals surface area contributed by atoms with Crippen LogP contribution in [-0.2, 0) is 4.79 Å². The minimum Gasteiger partial charge on any atom is -0.273 e. The quantitative estimate of drug-likeness (QED) is 0.591. The van der Waals surface area contributed by atoms with Crippen molar-refractivity contribution in [2.75, 3.05) is 0 Å². The van der Waals surface area contributed by atoms with Crippen molar-refractivity contribution >= 4 is 11.6 Å². The molecule has 3 aliphatic rings. The number of hydrogen-bond donors (Lipinski definition) is 1. The van der Waals surface area contributed by atoms with Crippen LogP contribution < -0.4 is 5.43 Å². The minimum absolute atomic E-state index is 0.153. The van der Waals surface area contributed by atoms with Crippen LogP contribution in [-0.4, -0.2) is 11.6 Å². The number of fused-ring (bicyclic) bond motifs is 2. The topological polar surface area (TPSA) is 41.5 Å². The Labute approximate surface area is 141 Å². The Kier molecular flexibility index (Phi) is 4.85. The van der Waals surface area contributed by atoms with E-state index in [1.807, 2.05) is 0 Å². The van der Waals surface area contributed by atoms with Gasteiger partial charge in [-0.05, 0) is 75.0 Å². The molecule has 3 aliphatic carbocycles. The molecular weight excluding hydrogens is 284 g/mol. The first-order chi connectivity index (χ1) is 10.8. The molecule has 0 saturated heterocycles. The Morgan fingerprint density at radius 1 is 1.00 bits per heavy atom. The molecule has 0 aromatic carbocycles. The predicted octanol–water partition coefficient (Wildman–Crippen LogP) is 4.77.